The van der Waals surface area contributed by atoms with Crippen LogP contribution in [0.25, 0.3) is 0 Å². The topological polar surface area (TPSA) is 50.3 Å². The minimum atomic E-state index is 0.744. The lowest BCUT2D eigenvalue weighted by Gasteiger charge is -2.27. The summed E-state index contributed by atoms with van der Waals surface area (Å²) in [7, 11) is 1.64. The maximum absolute atomic E-state index is 5.13. The van der Waals surface area contributed by atoms with E-state index in [1.807, 2.05) is 6.92 Å². The highest BCUT2D eigenvalue weighted by Gasteiger charge is 2.13. The molecule has 0 aromatic carbocycles. The lowest BCUT2D eigenvalue weighted by atomic mass is 10.3. The van der Waals surface area contributed by atoms with Crippen LogP contribution in [0.5, 0.6) is 5.75 Å². The van der Waals surface area contributed by atoms with E-state index < -0.39 is 0 Å². The molecule has 0 spiro atoms. The summed E-state index contributed by atoms with van der Waals surface area (Å²) >= 11 is 0. The summed E-state index contributed by atoms with van der Waals surface area (Å²) in [4.78, 5) is 10.9. The molecule has 1 aliphatic heterocycles. The largest absolute Gasteiger partial charge is 0.493 e. The van der Waals surface area contributed by atoms with Crippen molar-refractivity contribution in [1.82, 2.24) is 15.3 Å². The summed E-state index contributed by atoms with van der Waals surface area (Å²) in [6.07, 6.45) is 1.74. The number of hydrogen-bond acceptors (Lipinski definition) is 5. The first kappa shape index (κ1) is 10.2. The number of aromatic nitrogens is 2. The predicted molar refractivity (Wildman–Crippen MR) is 58.4 cm³/mol. The van der Waals surface area contributed by atoms with Gasteiger partial charge in [-0.3, -0.25) is 0 Å². The molecule has 0 unspecified atom stereocenters. The maximum atomic E-state index is 5.13. The van der Waals surface area contributed by atoms with Crippen molar-refractivity contribution in [3.63, 3.8) is 0 Å². The average Bonchev–Trinajstić information content (AvgIpc) is 2.30. The molecule has 1 aromatic rings. The van der Waals surface area contributed by atoms with Crippen LogP contribution in [0.1, 0.15) is 5.69 Å². The average molecular weight is 208 g/mol. The fourth-order valence-corrected chi connectivity index (χ4v) is 1.66. The van der Waals surface area contributed by atoms with Crippen LogP contribution in [0.3, 0.4) is 0 Å². The summed E-state index contributed by atoms with van der Waals surface area (Å²) in [6.45, 7) is 5.85. The van der Waals surface area contributed by atoms with Gasteiger partial charge in [-0.15, -0.1) is 0 Å². The van der Waals surface area contributed by atoms with Crippen molar-refractivity contribution in [2.45, 2.75) is 6.92 Å². The van der Waals surface area contributed by atoms with Crippen molar-refractivity contribution < 1.29 is 4.74 Å². The number of hydrogen-bond donors (Lipinski definition) is 1. The standard InChI is InChI=1S/C10H16N4O/c1-8-9(15-2)7-12-10(13-8)14-5-3-11-4-6-14/h7,11H,3-6H2,1-2H3. The molecule has 1 aliphatic rings. The van der Waals surface area contributed by atoms with Gasteiger partial charge in [0, 0.05) is 26.2 Å². The Bertz CT molecular complexity index is 336. The van der Waals surface area contributed by atoms with Crippen LogP contribution in [0, 0.1) is 6.92 Å². The minimum Gasteiger partial charge on any atom is -0.493 e. The van der Waals surface area contributed by atoms with E-state index in [-0.39, 0.29) is 0 Å². The molecule has 1 saturated heterocycles. The number of anilines is 1. The quantitative estimate of drug-likeness (QED) is 0.752. The highest BCUT2D eigenvalue weighted by molar-refractivity contribution is 5.36. The van der Waals surface area contributed by atoms with Crippen molar-refractivity contribution in [3.8, 4) is 5.75 Å². The molecule has 1 N–H and O–H groups in total. The zero-order chi connectivity index (χ0) is 10.7. The van der Waals surface area contributed by atoms with Crippen molar-refractivity contribution in [2.75, 3.05) is 38.2 Å². The molecule has 1 fully saturated rings. The summed E-state index contributed by atoms with van der Waals surface area (Å²) in [6, 6.07) is 0. The van der Waals surface area contributed by atoms with Crippen LogP contribution in [-0.4, -0.2) is 43.3 Å². The van der Waals surface area contributed by atoms with Crippen LogP contribution >= 0.6 is 0 Å². The van der Waals surface area contributed by atoms with Gasteiger partial charge in [0.05, 0.1) is 19.0 Å². The molecule has 0 amide bonds. The van der Waals surface area contributed by atoms with Crippen LogP contribution in [0.15, 0.2) is 6.20 Å². The molecule has 5 heteroatoms. The van der Waals surface area contributed by atoms with Gasteiger partial charge < -0.3 is 15.0 Å². The van der Waals surface area contributed by atoms with Gasteiger partial charge in [0.15, 0.2) is 5.75 Å². The third kappa shape index (κ3) is 2.18. The first-order valence-corrected chi connectivity index (χ1v) is 5.14. The second-order valence-electron chi connectivity index (χ2n) is 3.56. The van der Waals surface area contributed by atoms with Gasteiger partial charge >= 0.3 is 0 Å². The SMILES string of the molecule is COc1cnc(N2CCNCC2)nc1C. The first-order valence-electron chi connectivity index (χ1n) is 5.14. The van der Waals surface area contributed by atoms with E-state index in [4.69, 9.17) is 4.74 Å². The van der Waals surface area contributed by atoms with Crippen molar-refractivity contribution in [1.29, 1.82) is 0 Å². The second-order valence-corrected chi connectivity index (χ2v) is 3.56. The van der Waals surface area contributed by atoms with E-state index in [0.717, 1.165) is 43.6 Å². The van der Waals surface area contributed by atoms with Crippen molar-refractivity contribution in [2.24, 2.45) is 0 Å². The molecule has 2 heterocycles. The van der Waals surface area contributed by atoms with E-state index in [0.29, 0.717) is 0 Å². The fraction of sp³-hybridized carbons (Fsp3) is 0.600. The van der Waals surface area contributed by atoms with Crippen LogP contribution in [-0.2, 0) is 0 Å². The minimum absolute atomic E-state index is 0.744. The Morgan fingerprint density at radius 2 is 2.13 bits per heavy atom. The lowest BCUT2D eigenvalue weighted by molar-refractivity contribution is 0.406. The summed E-state index contributed by atoms with van der Waals surface area (Å²) in [5.41, 5.74) is 0.890. The van der Waals surface area contributed by atoms with Crippen LogP contribution in [0.2, 0.25) is 0 Å². The Morgan fingerprint density at radius 3 is 2.73 bits per heavy atom. The lowest BCUT2D eigenvalue weighted by Crippen LogP contribution is -2.44. The number of nitrogens with one attached hydrogen (secondary N) is 1. The molecule has 0 atom stereocenters. The molecule has 0 bridgehead atoms. The number of piperazine rings is 1. The van der Waals surface area contributed by atoms with Gasteiger partial charge in [0.1, 0.15) is 0 Å². The number of rotatable bonds is 2. The van der Waals surface area contributed by atoms with Gasteiger partial charge in [-0.1, -0.05) is 0 Å². The van der Waals surface area contributed by atoms with E-state index in [2.05, 4.69) is 20.2 Å². The maximum Gasteiger partial charge on any atom is 0.225 e. The summed E-state index contributed by atoms with van der Waals surface area (Å²) < 4.78 is 5.13. The second kappa shape index (κ2) is 4.44. The first-order chi connectivity index (χ1) is 7.31. The molecule has 82 valence electrons. The molecular weight excluding hydrogens is 192 g/mol. The molecule has 0 radical (unpaired) electrons. The molecule has 2 rings (SSSR count). The summed E-state index contributed by atoms with van der Waals surface area (Å²) in [5, 5.41) is 3.30. The normalized spacial score (nSPS) is 16.5. The Morgan fingerprint density at radius 1 is 1.40 bits per heavy atom. The zero-order valence-electron chi connectivity index (χ0n) is 9.16. The van der Waals surface area contributed by atoms with Crippen LogP contribution in [0.4, 0.5) is 5.95 Å². The van der Waals surface area contributed by atoms with Gasteiger partial charge in [-0.2, -0.15) is 0 Å². The zero-order valence-corrected chi connectivity index (χ0v) is 9.16. The molecule has 0 saturated carbocycles. The third-order valence-electron chi connectivity index (χ3n) is 2.54. The number of methoxy groups -OCH3 is 1. The number of nitrogens with zero attached hydrogens (tertiary/aromatic N) is 3. The Labute approximate surface area is 89.5 Å². The van der Waals surface area contributed by atoms with E-state index in [9.17, 15) is 0 Å². The van der Waals surface area contributed by atoms with Gasteiger partial charge in [0.2, 0.25) is 5.95 Å². The van der Waals surface area contributed by atoms with Gasteiger partial charge in [-0.25, -0.2) is 9.97 Å². The number of aryl methyl sites for hydroxylation is 1. The number of ether oxygens (including phenoxy) is 1. The predicted octanol–water partition coefficient (Wildman–Crippen LogP) is 0.203. The smallest absolute Gasteiger partial charge is 0.225 e. The van der Waals surface area contributed by atoms with Gasteiger partial charge in [0.25, 0.3) is 0 Å². The molecular formula is C10H16N4O. The molecule has 0 aliphatic carbocycles. The fourth-order valence-electron chi connectivity index (χ4n) is 1.66. The van der Waals surface area contributed by atoms with Gasteiger partial charge in [-0.05, 0) is 6.92 Å². The molecule has 5 nitrogen and oxygen atoms in total. The van der Waals surface area contributed by atoms with Crippen molar-refractivity contribution >= 4 is 5.95 Å². The third-order valence-corrected chi connectivity index (χ3v) is 2.54. The van der Waals surface area contributed by atoms with E-state index in [1.165, 1.54) is 0 Å². The molecule has 15 heavy (non-hydrogen) atoms. The Kier molecular flexibility index (Phi) is 3.01. The van der Waals surface area contributed by atoms with E-state index >= 15 is 0 Å². The Hall–Kier alpha value is -1.36. The van der Waals surface area contributed by atoms with Crippen molar-refractivity contribution in [3.05, 3.63) is 11.9 Å². The molecule has 1 aromatic heterocycles. The van der Waals surface area contributed by atoms with E-state index in [1.54, 1.807) is 13.3 Å². The summed E-state index contributed by atoms with van der Waals surface area (Å²) in [5.74, 6) is 1.55. The highest BCUT2D eigenvalue weighted by Crippen LogP contribution is 2.17. The highest BCUT2D eigenvalue weighted by atomic mass is 16.5. The Balaban J connectivity index is 2.17. The monoisotopic (exact) mass is 208 g/mol. The van der Waals surface area contributed by atoms with Crippen LogP contribution < -0.4 is 15.0 Å².